The minimum absolute atomic E-state index is 0.0109. The Kier molecular flexibility index (Phi) is 4.65. The van der Waals surface area contributed by atoms with Gasteiger partial charge in [-0.25, -0.2) is 0 Å². The van der Waals surface area contributed by atoms with Gasteiger partial charge in [0.15, 0.2) is 5.82 Å². The first kappa shape index (κ1) is 17.3. The summed E-state index contributed by atoms with van der Waals surface area (Å²) in [5.41, 5.74) is 8.09. The van der Waals surface area contributed by atoms with Crippen LogP contribution in [-0.2, 0) is 6.54 Å². The number of nitrogens with two attached hydrogens (primary N) is 1. The van der Waals surface area contributed by atoms with Gasteiger partial charge in [0.25, 0.3) is 5.56 Å². The van der Waals surface area contributed by atoms with Gasteiger partial charge >= 0.3 is 0 Å². The van der Waals surface area contributed by atoms with Crippen molar-refractivity contribution in [3.05, 3.63) is 52.4 Å². The SMILES string of the molecule is N#C[C@H]1CCCC[C@@H]1n1nc(Nc2ccc(CN)cc2)c2c(=O)[nH]ccc21. The predicted molar refractivity (Wildman–Crippen MR) is 105 cm³/mol. The lowest BCUT2D eigenvalue weighted by Crippen LogP contribution is -2.23. The minimum Gasteiger partial charge on any atom is -0.338 e. The van der Waals surface area contributed by atoms with Gasteiger partial charge < -0.3 is 16.0 Å². The molecule has 1 aliphatic rings. The van der Waals surface area contributed by atoms with Gasteiger partial charge in [0.2, 0.25) is 0 Å². The molecule has 0 bridgehead atoms. The first-order valence-electron chi connectivity index (χ1n) is 9.27. The van der Waals surface area contributed by atoms with Crippen molar-refractivity contribution in [2.75, 3.05) is 5.32 Å². The van der Waals surface area contributed by atoms with Crippen molar-refractivity contribution in [2.45, 2.75) is 38.3 Å². The summed E-state index contributed by atoms with van der Waals surface area (Å²) < 4.78 is 1.87. The molecular weight excluding hydrogens is 340 g/mol. The number of nitrogens with zero attached hydrogens (tertiary/aromatic N) is 3. The van der Waals surface area contributed by atoms with E-state index in [1.165, 1.54) is 0 Å². The zero-order chi connectivity index (χ0) is 18.8. The molecule has 7 heteroatoms. The molecule has 1 aliphatic carbocycles. The Morgan fingerprint density at radius 3 is 2.78 bits per heavy atom. The monoisotopic (exact) mass is 362 g/mol. The number of hydrogen-bond donors (Lipinski definition) is 3. The average molecular weight is 362 g/mol. The highest BCUT2D eigenvalue weighted by atomic mass is 16.1. The van der Waals surface area contributed by atoms with Crippen molar-refractivity contribution in [3.63, 3.8) is 0 Å². The minimum atomic E-state index is -0.191. The molecule has 4 rings (SSSR count). The number of hydrogen-bond acceptors (Lipinski definition) is 5. The van der Waals surface area contributed by atoms with Crippen LogP contribution in [0, 0.1) is 17.2 Å². The van der Waals surface area contributed by atoms with Crippen LogP contribution in [-0.4, -0.2) is 14.8 Å². The number of H-pyrrole nitrogens is 1. The van der Waals surface area contributed by atoms with E-state index in [9.17, 15) is 10.1 Å². The normalized spacial score (nSPS) is 19.7. The molecule has 0 amide bonds. The lowest BCUT2D eigenvalue weighted by atomic mass is 9.85. The van der Waals surface area contributed by atoms with Crippen molar-refractivity contribution in [1.82, 2.24) is 14.8 Å². The lowest BCUT2D eigenvalue weighted by molar-refractivity contribution is 0.277. The fourth-order valence-corrected chi connectivity index (χ4v) is 3.86. The lowest BCUT2D eigenvalue weighted by Gasteiger charge is -2.27. The van der Waals surface area contributed by atoms with Crippen LogP contribution in [0.5, 0.6) is 0 Å². The molecular formula is C20H22N6O. The maximum atomic E-state index is 12.5. The van der Waals surface area contributed by atoms with E-state index in [1.54, 1.807) is 6.20 Å². The van der Waals surface area contributed by atoms with E-state index in [4.69, 9.17) is 10.8 Å². The van der Waals surface area contributed by atoms with Crippen LogP contribution < -0.4 is 16.6 Å². The topological polar surface area (TPSA) is 113 Å². The van der Waals surface area contributed by atoms with Gasteiger partial charge in [-0.3, -0.25) is 9.48 Å². The van der Waals surface area contributed by atoms with Crippen LogP contribution in [0.4, 0.5) is 11.5 Å². The molecule has 1 fully saturated rings. The Bertz CT molecular complexity index is 1040. The fourth-order valence-electron chi connectivity index (χ4n) is 3.86. The zero-order valence-corrected chi connectivity index (χ0v) is 15.0. The number of nitriles is 1. The van der Waals surface area contributed by atoms with Crippen LogP contribution >= 0.6 is 0 Å². The molecule has 4 N–H and O–H groups in total. The van der Waals surface area contributed by atoms with Gasteiger partial charge in [0, 0.05) is 18.4 Å². The number of benzene rings is 1. The molecule has 1 saturated carbocycles. The molecule has 7 nitrogen and oxygen atoms in total. The number of aromatic nitrogens is 3. The highest BCUT2D eigenvalue weighted by molar-refractivity contribution is 5.91. The Balaban J connectivity index is 1.79. The predicted octanol–water partition coefficient (Wildman–Crippen LogP) is 3.18. The van der Waals surface area contributed by atoms with Crippen LogP contribution in [0.2, 0.25) is 0 Å². The summed E-state index contributed by atoms with van der Waals surface area (Å²) in [6.45, 7) is 0.481. The third-order valence-electron chi connectivity index (χ3n) is 5.29. The Hall–Kier alpha value is -3.11. The van der Waals surface area contributed by atoms with Gasteiger partial charge in [-0.15, -0.1) is 0 Å². The summed E-state index contributed by atoms with van der Waals surface area (Å²) in [6.07, 6.45) is 5.53. The second-order valence-corrected chi connectivity index (χ2v) is 6.97. The number of rotatable bonds is 4. The maximum absolute atomic E-state index is 12.5. The van der Waals surface area contributed by atoms with Crippen molar-refractivity contribution in [2.24, 2.45) is 11.7 Å². The summed E-state index contributed by atoms with van der Waals surface area (Å²) in [7, 11) is 0. The molecule has 2 aromatic heterocycles. The second kappa shape index (κ2) is 7.25. The fraction of sp³-hybridized carbons (Fsp3) is 0.350. The van der Waals surface area contributed by atoms with E-state index in [2.05, 4.69) is 16.4 Å². The molecule has 2 atom stereocenters. The van der Waals surface area contributed by atoms with Crippen molar-refractivity contribution < 1.29 is 0 Å². The maximum Gasteiger partial charge on any atom is 0.261 e. The molecule has 3 aromatic rings. The van der Waals surface area contributed by atoms with Gasteiger partial charge in [-0.1, -0.05) is 25.0 Å². The summed E-state index contributed by atoms with van der Waals surface area (Å²) in [4.78, 5) is 15.2. The summed E-state index contributed by atoms with van der Waals surface area (Å²) in [5.74, 6) is 0.424. The summed E-state index contributed by atoms with van der Waals surface area (Å²) in [5, 5.41) is 18.0. The standard InChI is InChI=1S/C20H22N6O/c21-11-13-5-7-15(8-6-13)24-19-18-17(9-10-23-20(18)27)26(25-19)16-4-2-1-3-14(16)12-22/h5-10,14,16H,1-4,11,21H2,(H,23,27)(H,24,25)/t14-,16+/m1/s1. The third-order valence-corrected chi connectivity index (χ3v) is 5.29. The second-order valence-electron chi connectivity index (χ2n) is 6.97. The van der Waals surface area contributed by atoms with Crippen LogP contribution in [0.25, 0.3) is 10.9 Å². The summed E-state index contributed by atoms with van der Waals surface area (Å²) in [6, 6.07) is 12.0. The Morgan fingerprint density at radius 2 is 2.04 bits per heavy atom. The Morgan fingerprint density at radius 1 is 1.26 bits per heavy atom. The zero-order valence-electron chi connectivity index (χ0n) is 15.0. The largest absolute Gasteiger partial charge is 0.338 e. The van der Waals surface area contributed by atoms with Crippen LogP contribution in [0.1, 0.15) is 37.3 Å². The van der Waals surface area contributed by atoms with E-state index in [1.807, 2.05) is 35.0 Å². The molecule has 0 unspecified atom stereocenters. The molecule has 2 heterocycles. The van der Waals surface area contributed by atoms with Gasteiger partial charge in [0.1, 0.15) is 5.39 Å². The number of nitrogens with one attached hydrogen (secondary N) is 2. The van der Waals surface area contributed by atoms with Crippen molar-refractivity contribution in [1.29, 1.82) is 5.26 Å². The number of anilines is 2. The van der Waals surface area contributed by atoms with Gasteiger partial charge in [-0.2, -0.15) is 10.4 Å². The smallest absolute Gasteiger partial charge is 0.261 e. The van der Waals surface area contributed by atoms with E-state index in [-0.39, 0.29) is 17.5 Å². The van der Waals surface area contributed by atoms with Gasteiger partial charge in [-0.05, 0) is 36.6 Å². The molecule has 27 heavy (non-hydrogen) atoms. The van der Waals surface area contributed by atoms with Crippen LogP contribution in [0.3, 0.4) is 0 Å². The average Bonchev–Trinajstić information content (AvgIpc) is 3.08. The molecule has 138 valence electrons. The molecule has 0 saturated heterocycles. The highest BCUT2D eigenvalue weighted by Crippen LogP contribution is 2.36. The quantitative estimate of drug-likeness (QED) is 0.660. The van der Waals surface area contributed by atoms with Gasteiger partial charge in [0.05, 0.1) is 23.5 Å². The molecule has 0 aliphatic heterocycles. The van der Waals surface area contributed by atoms with E-state index in [0.29, 0.717) is 17.7 Å². The van der Waals surface area contributed by atoms with E-state index < -0.39 is 0 Å². The summed E-state index contributed by atoms with van der Waals surface area (Å²) >= 11 is 0. The van der Waals surface area contributed by atoms with E-state index in [0.717, 1.165) is 42.5 Å². The number of aromatic amines is 1. The Labute approximate surface area is 156 Å². The number of pyridine rings is 1. The van der Waals surface area contributed by atoms with Crippen molar-refractivity contribution >= 4 is 22.4 Å². The van der Waals surface area contributed by atoms with E-state index >= 15 is 0 Å². The molecule has 0 radical (unpaired) electrons. The molecule has 0 spiro atoms. The van der Waals surface area contributed by atoms with Crippen molar-refractivity contribution in [3.8, 4) is 6.07 Å². The highest BCUT2D eigenvalue weighted by Gasteiger charge is 2.29. The van der Waals surface area contributed by atoms with Crippen LogP contribution in [0.15, 0.2) is 41.3 Å². The molecule has 1 aromatic carbocycles. The first-order valence-corrected chi connectivity index (χ1v) is 9.27. The first-order chi connectivity index (χ1) is 13.2. The third kappa shape index (κ3) is 3.20. The number of fused-ring (bicyclic) bond motifs is 1.